The molecule has 5 nitrogen and oxygen atoms in total. The van der Waals surface area contributed by atoms with E-state index in [9.17, 15) is 9.59 Å². The van der Waals surface area contributed by atoms with Crippen LogP contribution in [0.3, 0.4) is 0 Å². The van der Waals surface area contributed by atoms with Gasteiger partial charge in [0.25, 0.3) is 11.8 Å². The van der Waals surface area contributed by atoms with E-state index in [4.69, 9.17) is 17.0 Å². The minimum atomic E-state index is -0.242. The summed E-state index contributed by atoms with van der Waals surface area (Å²) in [6.07, 6.45) is 2.55. The third-order valence-electron chi connectivity index (χ3n) is 5.20. The summed E-state index contributed by atoms with van der Waals surface area (Å²) in [6.45, 7) is 2.43. The van der Waals surface area contributed by atoms with Crippen molar-refractivity contribution in [2.24, 2.45) is 0 Å². The van der Waals surface area contributed by atoms with Gasteiger partial charge in [-0.25, -0.2) is 0 Å². The highest BCUT2D eigenvalue weighted by atomic mass is 32.2. The Morgan fingerprint density at radius 2 is 1.82 bits per heavy atom. The highest BCUT2D eigenvalue weighted by Crippen LogP contribution is 2.33. The number of hydrogen-bond acceptors (Lipinski definition) is 5. The van der Waals surface area contributed by atoms with Gasteiger partial charge in [0.2, 0.25) is 0 Å². The lowest BCUT2D eigenvalue weighted by Gasteiger charge is -2.14. The smallest absolute Gasteiger partial charge is 0.266 e. The maximum Gasteiger partial charge on any atom is 0.266 e. The van der Waals surface area contributed by atoms with Gasteiger partial charge in [0, 0.05) is 12.2 Å². The molecule has 0 spiro atoms. The van der Waals surface area contributed by atoms with Gasteiger partial charge in [-0.15, -0.1) is 0 Å². The molecule has 0 saturated carbocycles. The minimum Gasteiger partial charge on any atom is -0.484 e. The molecule has 7 heteroatoms. The summed E-state index contributed by atoms with van der Waals surface area (Å²) in [5.74, 6) is 0.218. The average Bonchev–Trinajstić information content (AvgIpc) is 3.11. The first-order valence-electron chi connectivity index (χ1n) is 10.9. The van der Waals surface area contributed by atoms with Gasteiger partial charge in [0.05, 0.1) is 4.91 Å². The Kier molecular flexibility index (Phi) is 7.77. The molecule has 1 saturated heterocycles. The quantitative estimate of drug-likeness (QED) is 0.337. The third kappa shape index (κ3) is 6.34. The summed E-state index contributed by atoms with van der Waals surface area (Å²) in [5.41, 5.74) is 3.82. The molecule has 1 aliphatic rings. The van der Waals surface area contributed by atoms with Crippen LogP contribution in [0.4, 0.5) is 5.69 Å². The fourth-order valence-corrected chi connectivity index (χ4v) is 4.72. The Bertz CT molecular complexity index is 1220. The topological polar surface area (TPSA) is 58.6 Å². The van der Waals surface area contributed by atoms with E-state index in [-0.39, 0.29) is 18.4 Å². The molecule has 0 atom stereocenters. The van der Waals surface area contributed by atoms with Gasteiger partial charge in [-0.2, -0.15) is 0 Å². The SMILES string of the molecule is Cc1ccc(NC(=O)COc2cccc(/C=C3\SC(=S)N(CCc4ccccc4)C3=O)c2)cc1. The van der Waals surface area contributed by atoms with Gasteiger partial charge in [0.1, 0.15) is 10.1 Å². The van der Waals surface area contributed by atoms with Crippen molar-refractivity contribution >= 4 is 51.9 Å². The minimum absolute atomic E-state index is 0.0882. The standard InChI is InChI=1S/C27H24N2O3S2/c1-19-10-12-22(13-11-19)28-25(30)18-32-23-9-5-8-21(16-23)17-24-26(31)29(27(33)34-24)15-14-20-6-3-2-4-7-20/h2-13,16-17H,14-15,18H2,1H3,(H,28,30)/b24-17-. The first-order chi connectivity index (χ1) is 16.5. The predicted octanol–water partition coefficient (Wildman–Crippen LogP) is 5.46. The van der Waals surface area contributed by atoms with E-state index in [1.807, 2.05) is 73.7 Å². The number of nitrogens with one attached hydrogen (secondary N) is 1. The lowest BCUT2D eigenvalue weighted by molar-refractivity contribution is -0.122. The van der Waals surface area contributed by atoms with Crippen LogP contribution in [-0.2, 0) is 16.0 Å². The van der Waals surface area contributed by atoms with Crippen LogP contribution in [0.25, 0.3) is 6.08 Å². The van der Waals surface area contributed by atoms with Crippen LogP contribution in [0.5, 0.6) is 5.75 Å². The van der Waals surface area contributed by atoms with Crippen LogP contribution >= 0.6 is 24.0 Å². The molecule has 3 aromatic carbocycles. The molecule has 0 radical (unpaired) electrons. The van der Waals surface area contributed by atoms with Crippen molar-refractivity contribution in [1.82, 2.24) is 4.90 Å². The lowest BCUT2D eigenvalue weighted by Crippen LogP contribution is -2.30. The van der Waals surface area contributed by atoms with E-state index in [0.29, 0.717) is 21.5 Å². The van der Waals surface area contributed by atoms with Crippen molar-refractivity contribution in [2.75, 3.05) is 18.5 Å². The van der Waals surface area contributed by atoms with Crippen LogP contribution in [0, 0.1) is 6.92 Å². The lowest BCUT2D eigenvalue weighted by atomic mass is 10.1. The second-order valence-corrected chi connectivity index (χ2v) is 9.52. The number of thioether (sulfide) groups is 1. The molecule has 3 aromatic rings. The van der Waals surface area contributed by atoms with Gasteiger partial charge in [-0.05, 0) is 54.8 Å². The zero-order valence-electron chi connectivity index (χ0n) is 18.7. The summed E-state index contributed by atoms with van der Waals surface area (Å²) in [4.78, 5) is 27.3. The zero-order valence-corrected chi connectivity index (χ0v) is 20.3. The predicted molar refractivity (Wildman–Crippen MR) is 142 cm³/mol. The van der Waals surface area contributed by atoms with E-state index >= 15 is 0 Å². The maximum atomic E-state index is 12.9. The molecule has 1 aliphatic heterocycles. The first-order valence-corrected chi connectivity index (χ1v) is 12.1. The van der Waals surface area contributed by atoms with Crippen LogP contribution in [0.2, 0.25) is 0 Å². The van der Waals surface area contributed by atoms with Crippen molar-refractivity contribution in [3.05, 3.63) is 100 Å². The zero-order chi connectivity index (χ0) is 23.9. The summed E-state index contributed by atoms with van der Waals surface area (Å²) >= 11 is 6.74. The number of ether oxygens (including phenoxy) is 1. The van der Waals surface area contributed by atoms with Crippen LogP contribution in [-0.4, -0.2) is 34.2 Å². The van der Waals surface area contributed by atoms with E-state index in [2.05, 4.69) is 5.32 Å². The van der Waals surface area contributed by atoms with Gasteiger partial charge in [0.15, 0.2) is 6.61 Å². The average molecular weight is 489 g/mol. The molecule has 0 aromatic heterocycles. The molecule has 172 valence electrons. The monoisotopic (exact) mass is 488 g/mol. The molecule has 0 bridgehead atoms. The molecule has 1 N–H and O–H groups in total. The number of benzene rings is 3. The highest BCUT2D eigenvalue weighted by Gasteiger charge is 2.31. The Labute approximate surface area is 208 Å². The third-order valence-corrected chi connectivity index (χ3v) is 6.58. The molecular weight excluding hydrogens is 464 g/mol. The van der Waals surface area contributed by atoms with Crippen molar-refractivity contribution in [3.8, 4) is 5.75 Å². The molecule has 4 rings (SSSR count). The van der Waals surface area contributed by atoms with E-state index < -0.39 is 0 Å². The summed E-state index contributed by atoms with van der Waals surface area (Å²) in [6, 6.07) is 24.9. The second-order valence-electron chi connectivity index (χ2n) is 7.84. The number of aryl methyl sites for hydroxylation is 1. The molecule has 1 heterocycles. The van der Waals surface area contributed by atoms with Gasteiger partial charge >= 0.3 is 0 Å². The maximum absolute atomic E-state index is 12.9. The number of thiocarbonyl (C=S) groups is 1. The Hall–Kier alpha value is -3.42. The number of carbonyl (C=O) groups excluding carboxylic acids is 2. The van der Waals surface area contributed by atoms with Crippen molar-refractivity contribution in [1.29, 1.82) is 0 Å². The van der Waals surface area contributed by atoms with Crippen LogP contribution in [0.1, 0.15) is 16.7 Å². The number of nitrogens with zero attached hydrogens (tertiary/aromatic N) is 1. The second kappa shape index (κ2) is 11.1. The Morgan fingerprint density at radius 3 is 2.59 bits per heavy atom. The molecule has 0 aliphatic carbocycles. The summed E-state index contributed by atoms with van der Waals surface area (Å²) in [5, 5.41) is 2.81. The Morgan fingerprint density at radius 1 is 1.06 bits per heavy atom. The fraction of sp³-hybridized carbons (Fsp3) is 0.148. The molecule has 1 fully saturated rings. The van der Waals surface area contributed by atoms with Crippen molar-refractivity contribution < 1.29 is 14.3 Å². The molecular formula is C27H24N2O3S2. The summed E-state index contributed by atoms with van der Waals surface area (Å²) in [7, 11) is 0. The number of hydrogen-bond donors (Lipinski definition) is 1. The number of carbonyl (C=O) groups is 2. The first kappa shape index (κ1) is 23.7. The number of anilines is 1. The fourth-order valence-electron chi connectivity index (χ4n) is 3.41. The van der Waals surface area contributed by atoms with Gasteiger partial charge < -0.3 is 10.1 Å². The van der Waals surface area contributed by atoms with E-state index in [1.54, 1.807) is 23.1 Å². The van der Waals surface area contributed by atoms with Gasteiger partial charge in [-0.1, -0.05) is 84.1 Å². The van der Waals surface area contributed by atoms with E-state index in [0.717, 1.165) is 28.8 Å². The molecule has 2 amide bonds. The van der Waals surface area contributed by atoms with Crippen LogP contribution < -0.4 is 10.1 Å². The van der Waals surface area contributed by atoms with E-state index in [1.165, 1.54) is 11.8 Å². The molecule has 34 heavy (non-hydrogen) atoms. The number of rotatable bonds is 8. The van der Waals surface area contributed by atoms with Crippen LogP contribution in [0.15, 0.2) is 83.8 Å². The molecule has 0 unspecified atom stereocenters. The number of amides is 2. The normalized spacial score (nSPS) is 14.5. The highest BCUT2D eigenvalue weighted by molar-refractivity contribution is 8.26. The van der Waals surface area contributed by atoms with Gasteiger partial charge in [-0.3, -0.25) is 14.5 Å². The summed E-state index contributed by atoms with van der Waals surface area (Å²) < 4.78 is 6.22. The van der Waals surface area contributed by atoms with Crippen molar-refractivity contribution in [2.45, 2.75) is 13.3 Å². The van der Waals surface area contributed by atoms with Crippen molar-refractivity contribution in [3.63, 3.8) is 0 Å². The Balaban J connectivity index is 1.35. The largest absolute Gasteiger partial charge is 0.484 e.